The van der Waals surface area contributed by atoms with Crippen molar-refractivity contribution in [1.29, 1.82) is 0 Å². The second-order valence-electron chi connectivity index (χ2n) is 12.4. The molecular formula is C44H28NOP. The molecule has 1 aliphatic rings. The number of para-hydroxylation sites is 1. The molecule has 47 heavy (non-hydrogen) atoms. The molecule has 1 atom stereocenters. The van der Waals surface area contributed by atoms with Gasteiger partial charge in [0.25, 0.3) is 0 Å². The maximum Gasteiger partial charge on any atom is 0.172 e. The summed E-state index contributed by atoms with van der Waals surface area (Å²) in [5, 5.41) is 9.90. The van der Waals surface area contributed by atoms with E-state index in [0.29, 0.717) is 0 Å². The number of hydrogen-bond acceptors (Lipinski definition) is 1. The Kier molecular flexibility index (Phi) is 5.59. The summed E-state index contributed by atoms with van der Waals surface area (Å²) in [7, 11) is -3.06. The van der Waals surface area contributed by atoms with Gasteiger partial charge in [-0.05, 0) is 62.7 Å². The molecule has 0 N–H and O–H groups in total. The predicted octanol–water partition coefficient (Wildman–Crippen LogP) is 10.4. The SMILES string of the molecule is O=P1(c2ccccc2)c2ccccc2-c2cc3c(cc21)c1ccccc1n3-c1cccc2c(-c3cccc4ccccc34)cccc12. The molecule has 0 fully saturated rings. The van der Waals surface area contributed by atoms with Crippen molar-refractivity contribution in [2.24, 2.45) is 0 Å². The number of aromatic nitrogens is 1. The summed E-state index contributed by atoms with van der Waals surface area (Å²) in [6, 6.07) is 59.9. The van der Waals surface area contributed by atoms with Crippen LogP contribution in [0.2, 0.25) is 0 Å². The lowest BCUT2D eigenvalue weighted by molar-refractivity contribution is 0.593. The van der Waals surface area contributed by atoms with Crippen LogP contribution in [-0.2, 0) is 4.57 Å². The van der Waals surface area contributed by atoms with Crippen LogP contribution in [0.3, 0.4) is 0 Å². The Morgan fingerprint density at radius 3 is 1.89 bits per heavy atom. The summed E-state index contributed by atoms with van der Waals surface area (Å²) in [6.45, 7) is 0. The van der Waals surface area contributed by atoms with Crippen molar-refractivity contribution in [1.82, 2.24) is 4.57 Å². The minimum absolute atomic E-state index is 0.879. The highest BCUT2D eigenvalue weighted by atomic mass is 31.2. The molecule has 3 heteroatoms. The lowest BCUT2D eigenvalue weighted by Crippen LogP contribution is -2.20. The van der Waals surface area contributed by atoms with E-state index in [1.165, 1.54) is 32.7 Å². The Hall–Kier alpha value is -5.69. The van der Waals surface area contributed by atoms with Crippen LogP contribution in [0.15, 0.2) is 170 Å². The largest absolute Gasteiger partial charge is 0.309 e. The van der Waals surface area contributed by atoms with Gasteiger partial charge < -0.3 is 9.13 Å². The number of benzene rings is 8. The Morgan fingerprint density at radius 1 is 0.383 bits per heavy atom. The lowest BCUT2D eigenvalue weighted by Gasteiger charge is -2.16. The van der Waals surface area contributed by atoms with Crippen LogP contribution in [0.25, 0.3) is 71.3 Å². The van der Waals surface area contributed by atoms with E-state index in [2.05, 4.69) is 138 Å². The van der Waals surface area contributed by atoms with E-state index in [1.54, 1.807) is 0 Å². The topological polar surface area (TPSA) is 22.0 Å². The van der Waals surface area contributed by atoms with Crippen LogP contribution < -0.4 is 15.9 Å². The first-order valence-corrected chi connectivity index (χ1v) is 17.8. The smallest absolute Gasteiger partial charge is 0.172 e. The Balaban J connectivity index is 1.29. The quantitative estimate of drug-likeness (QED) is 0.181. The third kappa shape index (κ3) is 3.65. The summed E-state index contributed by atoms with van der Waals surface area (Å²) in [5.74, 6) is 0. The first-order chi connectivity index (χ1) is 23.2. The van der Waals surface area contributed by atoms with Crippen LogP contribution in [-0.4, -0.2) is 4.57 Å². The lowest BCUT2D eigenvalue weighted by atomic mass is 9.93. The van der Waals surface area contributed by atoms with Crippen molar-refractivity contribution in [2.45, 2.75) is 0 Å². The van der Waals surface area contributed by atoms with Crippen molar-refractivity contribution in [3.8, 4) is 27.9 Å². The molecule has 0 bridgehead atoms. The Bertz CT molecular complexity index is 2770. The molecule has 1 aliphatic heterocycles. The van der Waals surface area contributed by atoms with Gasteiger partial charge in [-0.25, -0.2) is 0 Å². The van der Waals surface area contributed by atoms with E-state index in [9.17, 15) is 0 Å². The Morgan fingerprint density at radius 2 is 1.00 bits per heavy atom. The average molecular weight is 618 g/mol. The number of hydrogen-bond donors (Lipinski definition) is 0. The average Bonchev–Trinajstić information content (AvgIpc) is 3.59. The molecule has 0 amide bonds. The molecule has 9 aromatic rings. The van der Waals surface area contributed by atoms with Gasteiger partial charge in [0, 0.05) is 32.1 Å². The first-order valence-electron chi connectivity index (χ1n) is 16.1. The Labute approximate surface area is 272 Å². The van der Waals surface area contributed by atoms with Gasteiger partial charge in [0.15, 0.2) is 7.14 Å². The van der Waals surface area contributed by atoms with Crippen molar-refractivity contribution in [3.05, 3.63) is 170 Å². The minimum atomic E-state index is -3.06. The molecule has 0 aliphatic carbocycles. The van der Waals surface area contributed by atoms with Gasteiger partial charge in [-0.1, -0.05) is 146 Å². The molecule has 0 saturated carbocycles. The fraction of sp³-hybridized carbons (Fsp3) is 0. The van der Waals surface area contributed by atoms with E-state index in [-0.39, 0.29) is 0 Å². The molecule has 0 radical (unpaired) electrons. The maximum absolute atomic E-state index is 15.3. The van der Waals surface area contributed by atoms with E-state index < -0.39 is 7.14 Å². The predicted molar refractivity (Wildman–Crippen MR) is 200 cm³/mol. The summed E-state index contributed by atoms with van der Waals surface area (Å²) in [5.41, 5.74) is 7.96. The van der Waals surface area contributed by atoms with E-state index in [0.717, 1.165) is 54.5 Å². The van der Waals surface area contributed by atoms with Crippen molar-refractivity contribution >= 4 is 66.4 Å². The molecule has 2 nitrogen and oxygen atoms in total. The molecule has 2 heterocycles. The van der Waals surface area contributed by atoms with Crippen LogP contribution in [0, 0.1) is 0 Å². The van der Waals surface area contributed by atoms with Crippen LogP contribution in [0.1, 0.15) is 0 Å². The van der Waals surface area contributed by atoms with Gasteiger partial charge in [-0.2, -0.15) is 0 Å². The number of fused-ring (bicyclic) bond motifs is 8. The fourth-order valence-electron chi connectivity index (χ4n) is 7.94. The van der Waals surface area contributed by atoms with Gasteiger partial charge >= 0.3 is 0 Å². The van der Waals surface area contributed by atoms with E-state index in [4.69, 9.17) is 0 Å². The number of rotatable bonds is 3. The standard InChI is InChI=1S/C44H28NOP/c46-47(30-15-2-1-3-16-30)43-26-9-7-19-37(43)39-27-42-38(28-44(39)47)36-18-6-8-24-40(36)45(42)41-25-12-22-34-33(21-11-23-35(34)41)32-20-10-14-29-13-4-5-17-31(29)32/h1-28H. The van der Waals surface area contributed by atoms with E-state index in [1.807, 2.05) is 36.4 Å². The highest BCUT2D eigenvalue weighted by molar-refractivity contribution is 7.86. The molecule has 0 saturated heterocycles. The summed E-state index contributed by atoms with van der Waals surface area (Å²) < 4.78 is 17.8. The van der Waals surface area contributed by atoms with Crippen molar-refractivity contribution in [2.75, 3.05) is 0 Å². The zero-order valence-corrected chi connectivity index (χ0v) is 26.4. The molecule has 1 aromatic heterocycles. The molecule has 0 spiro atoms. The summed E-state index contributed by atoms with van der Waals surface area (Å²) in [4.78, 5) is 0. The van der Waals surface area contributed by atoms with Crippen molar-refractivity contribution in [3.63, 3.8) is 0 Å². The van der Waals surface area contributed by atoms with Gasteiger partial charge in [0.2, 0.25) is 0 Å². The van der Waals surface area contributed by atoms with Crippen LogP contribution >= 0.6 is 7.14 Å². The van der Waals surface area contributed by atoms with Crippen molar-refractivity contribution < 1.29 is 4.57 Å². The molecule has 10 rings (SSSR count). The zero-order chi connectivity index (χ0) is 31.1. The molecule has 8 aromatic carbocycles. The maximum atomic E-state index is 15.3. The first kappa shape index (κ1) is 26.5. The van der Waals surface area contributed by atoms with Gasteiger partial charge in [-0.15, -0.1) is 0 Å². The number of nitrogens with zero attached hydrogens (tertiary/aromatic N) is 1. The minimum Gasteiger partial charge on any atom is -0.309 e. The molecular weight excluding hydrogens is 589 g/mol. The van der Waals surface area contributed by atoms with Gasteiger partial charge in [0.05, 0.1) is 16.7 Å². The third-order valence-corrected chi connectivity index (χ3v) is 13.1. The summed E-state index contributed by atoms with van der Waals surface area (Å²) in [6.07, 6.45) is 0. The van der Waals surface area contributed by atoms with E-state index >= 15 is 4.57 Å². The highest BCUT2D eigenvalue weighted by Gasteiger charge is 2.40. The van der Waals surface area contributed by atoms with Gasteiger partial charge in [0.1, 0.15) is 0 Å². The second kappa shape index (κ2) is 9.90. The van der Waals surface area contributed by atoms with Gasteiger partial charge in [-0.3, -0.25) is 0 Å². The third-order valence-electron chi connectivity index (χ3n) is 10.0. The van der Waals surface area contributed by atoms with Crippen LogP contribution in [0.4, 0.5) is 0 Å². The normalized spacial score (nSPS) is 15.4. The summed E-state index contributed by atoms with van der Waals surface area (Å²) >= 11 is 0. The molecule has 220 valence electrons. The highest BCUT2D eigenvalue weighted by Crippen LogP contribution is 2.53. The second-order valence-corrected chi connectivity index (χ2v) is 15.1. The zero-order valence-electron chi connectivity index (χ0n) is 25.5. The fourth-order valence-corrected chi connectivity index (χ4v) is 11.0. The monoisotopic (exact) mass is 617 g/mol. The molecule has 1 unspecified atom stereocenters. The van der Waals surface area contributed by atoms with Crippen LogP contribution in [0.5, 0.6) is 0 Å².